The molecule has 0 bridgehead atoms. The van der Waals surface area contributed by atoms with Crippen LogP contribution in [-0.4, -0.2) is 5.78 Å². The maximum Gasteiger partial charge on any atom is 0.192 e. The smallest absolute Gasteiger partial charge is 0.192 e. The van der Waals surface area contributed by atoms with Crippen molar-refractivity contribution in [2.45, 2.75) is 13.3 Å². The number of hydrogen-bond acceptors (Lipinski definition) is 4. The average molecular weight is 315 g/mol. The van der Waals surface area contributed by atoms with Crippen molar-refractivity contribution >= 4 is 11.5 Å². The number of nitriles is 2. The number of nitrogens with zero attached hydrogens (tertiary/aromatic N) is 2. The highest BCUT2D eigenvalue weighted by Gasteiger charge is 2.24. The van der Waals surface area contributed by atoms with Crippen LogP contribution in [0.2, 0.25) is 0 Å². The van der Waals surface area contributed by atoms with E-state index < -0.39 is 11.7 Å². The van der Waals surface area contributed by atoms with E-state index in [0.717, 1.165) is 11.3 Å². The molecule has 0 amide bonds. The molecule has 0 saturated heterocycles. The van der Waals surface area contributed by atoms with Crippen LogP contribution in [0.5, 0.6) is 0 Å². The highest BCUT2D eigenvalue weighted by molar-refractivity contribution is 6.03. The average Bonchev–Trinajstić information content (AvgIpc) is 2.62. The molecule has 1 unspecified atom stereocenters. The third-order valence-electron chi connectivity index (χ3n) is 3.59. The summed E-state index contributed by atoms with van der Waals surface area (Å²) in [5.41, 5.74) is 2.11. The molecule has 0 radical (unpaired) electrons. The van der Waals surface area contributed by atoms with Crippen molar-refractivity contribution < 1.29 is 4.79 Å². The Bertz CT molecular complexity index is 811. The lowest BCUT2D eigenvalue weighted by molar-refractivity contribution is -0.117. The van der Waals surface area contributed by atoms with Crippen LogP contribution in [-0.2, 0) is 11.2 Å². The van der Waals surface area contributed by atoms with Crippen molar-refractivity contribution in [1.29, 1.82) is 10.5 Å². The topological polar surface area (TPSA) is 76.7 Å². The van der Waals surface area contributed by atoms with Crippen LogP contribution in [0.3, 0.4) is 0 Å². The molecule has 118 valence electrons. The van der Waals surface area contributed by atoms with Gasteiger partial charge in [0.1, 0.15) is 17.6 Å². The lowest BCUT2D eigenvalue weighted by Crippen LogP contribution is -2.19. The van der Waals surface area contributed by atoms with Crippen LogP contribution in [0.1, 0.15) is 12.5 Å². The van der Waals surface area contributed by atoms with E-state index >= 15 is 0 Å². The van der Waals surface area contributed by atoms with Crippen LogP contribution in [0.15, 0.2) is 71.9 Å². The van der Waals surface area contributed by atoms with Gasteiger partial charge >= 0.3 is 0 Å². The van der Waals surface area contributed by atoms with E-state index in [4.69, 9.17) is 0 Å². The van der Waals surface area contributed by atoms with E-state index in [1.54, 1.807) is 6.92 Å². The highest BCUT2D eigenvalue weighted by Crippen LogP contribution is 2.17. The van der Waals surface area contributed by atoms with E-state index in [0.29, 0.717) is 12.1 Å². The highest BCUT2D eigenvalue weighted by atomic mass is 16.1. The minimum absolute atomic E-state index is 0.0127. The molecule has 24 heavy (non-hydrogen) atoms. The summed E-state index contributed by atoms with van der Waals surface area (Å²) in [5.74, 6) is -1.33. The van der Waals surface area contributed by atoms with Crippen LogP contribution >= 0.6 is 0 Å². The van der Waals surface area contributed by atoms with Gasteiger partial charge in [-0.3, -0.25) is 4.79 Å². The first-order chi connectivity index (χ1) is 11.7. The summed E-state index contributed by atoms with van der Waals surface area (Å²) in [6.45, 7) is 1.67. The number of anilines is 1. The van der Waals surface area contributed by atoms with Gasteiger partial charge < -0.3 is 5.32 Å². The SMILES string of the molecule is C/C(Nc1ccccc1)=C(/C#N)C(=O)C(C#N)Cc1ccccc1. The Morgan fingerprint density at radius 1 is 1.04 bits per heavy atom. The van der Waals surface area contributed by atoms with Gasteiger partial charge in [-0.2, -0.15) is 10.5 Å². The molecule has 4 heteroatoms. The van der Waals surface area contributed by atoms with Crippen molar-refractivity contribution in [3.8, 4) is 12.1 Å². The third kappa shape index (κ3) is 4.32. The molecule has 1 N–H and O–H groups in total. The van der Waals surface area contributed by atoms with Gasteiger partial charge in [0.05, 0.1) is 6.07 Å². The molecular formula is C20H17N3O. The molecule has 0 spiro atoms. The van der Waals surface area contributed by atoms with Gasteiger partial charge in [-0.25, -0.2) is 0 Å². The van der Waals surface area contributed by atoms with Crippen LogP contribution in [0.4, 0.5) is 5.69 Å². The summed E-state index contributed by atoms with van der Waals surface area (Å²) in [5, 5.41) is 21.8. The Hall–Kier alpha value is -3.37. The summed E-state index contributed by atoms with van der Waals surface area (Å²) >= 11 is 0. The summed E-state index contributed by atoms with van der Waals surface area (Å²) in [7, 11) is 0. The van der Waals surface area contributed by atoms with Crippen LogP contribution in [0, 0.1) is 28.6 Å². The Kier molecular flexibility index (Phi) is 5.88. The van der Waals surface area contributed by atoms with Gasteiger partial charge in [-0.15, -0.1) is 0 Å². The second-order valence-corrected chi connectivity index (χ2v) is 5.34. The fourth-order valence-electron chi connectivity index (χ4n) is 2.35. The standard InChI is InChI=1S/C20H17N3O/c1-15(23-18-10-6-3-7-11-18)19(14-22)20(24)17(13-21)12-16-8-4-2-5-9-16/h2-11,17,23H,12H2,1H3/b19-15+. The van der Waals surface area contributed by atoms with E-state index in [1.807, 2.05) is 72.8 Å². The molecule has 0 fully saturated rings. The fraction of sp³-hybridized carbons (Fsp3) is 0.150. The second-order valence-electron chi connectivity index (χ2n) is 5.34. The number of rotatable bonds is 6. The monoisotopic (exact) mass is 315 g/mol. The van der Waals surface area contributed by atoms with E-state index in [9.17, 15) is 15.3 Å². The van der Waals surface area contributed by atoms with Gasteiger partial charge in [0.2, 0.25) is 0 Å². The molecule has 0 saturated carbocycles. The normalized spacial score (nSPS) is 12.3. The molecule has 2 aromatic rings. The molecule has 2 rings (SSSR count). The van der Waals surface area contributed by atoms with Crippen molar-refractivity contribution in [3.05, 3.63) is 77.5 Å². The van der Waals surface area contributed by atoms with E-state index in [-0.39, 0.29) is 5.57 Å². The molecular weight excluding hydrogens is 298 g/mol. The van der Waals surface area contributed by atoms with Gasteiger partial charge in [0.15, 0.2) is 5.78 Å². The largest absolute Gasteiger partial charge is 0.358 e. The first kappa shape index (κ1) is 17.0. The van der Waals surface area contributed by atoms with Crippen molar-refractivity contribution in [2.75, 3.05) is 5.32 Å². The number of nitrogens with one attached hydrogen (secondary N) is 1. The molecule has 4 nitrogen and oxygen atoms in total. The van der Waals surface area contributed by atoms with Crippen molar-refractivity contribution in [3.63, 3.8) is 0 Å². The predicted molar refractivity (Wildman–Crippen MR) is 92.6 cm³/mol. The fourth-order valence-corrected chi connectivity index (χ4v) is 2.35. The zero-order valence-electron chi connectivity index (χ0n) is 13.4. The summed E-state index contributed by atoms with van der Waals surface area (Å²) in [6, 6.07) is 22.6. The number of hydrogen-bond donors (Lipinski definition) is 1. The molecule has 0 heterocycles. The number of Topliss-reactive ketones (excluding diaryl/α,β-unsaturated/α-hetero) is 1. The number of carbonyl (C=O) groups is 1. The summed E-state index contributed by atoms with van der Waals surface area (Å²) in [4.78, 5) is 12.6. The molecule has 0 aromatic heterocycles. The Balaban J connectivity index is 2.21. The number of allylic oxidation sites excluding steroid dienone is 2. The summed E-state index contributed by atoms with van der Waals surface area (Å²) < 4.78 is 0. The number of para-hydroxylation sites is 1. The zero-order chi connectivity index (χ0) is 17.4. The number of benzene rings is 2. The quantitative estimate of drug-likeness (QED) is 0.649. The lowest BCUT2D eigenvalue weighted by Gasteiger charge is -2.12. The van der Waals surface area contributed by atoms with Crippen LogP contribution < -0.4 is 5.32 Å². The molecule has 0 aliphatic heterocycles. The molecule has 2 aromatic carbocycles. The molecule has 1 atom stereocenters. The number of carbonyl (C=O) groups excluding carboxylic acids is 1. The van der Waals surface area contributed by atoms with Gasteiger partial charge in [0, 0.05) is 11.4 Å². The Morgan fingerprint density at radius 2 is 1.62 bits per heavy atom. The van der Waals surface area contributed by atoms with E-state index in [2.05, 4.69) is 5.32 Å². The summed E-state index contributed by atoms with van der Waals surface area (Å²) in [6.07, 6.45) is 0.292. The maximum atomic E-state index is 12.6. The van der Waals surface area contributed by atoms with Crippen molar-refractivity contribution in [2.24, 2.45) is 5.92 Å². The third-order valence-corrected chi connectivity index (χ3v) is 3.59. The Morgan fingerprint density at radius 3 is 2.17 bits per heavy atom. The predicted octanol–water partition coefficient (Wildman–Crippen LogP) is 3.85. The number of ketones is 1. The van der Waals surface area contributed by atoms with Gasteiger partial charge in [-0.1, -0.05) is 48.5 Å². The second kappa shape index (κ2) is 8.31. The van der Waals surface area contributed by atoms with E-state index in [1.165, 1.54) is 0 Å². The Labute approximate surface area is 141 Å². The first-order valence-electron chi connectivity index (χ1n) is 7.56. The van der Waals surface area contributed by atoms with Gasteiger partial charge in [-0.05, 0) is 31.0 Å². The molecule has 0 aliphatic rings. The lowest BCUT2D eigenvalue weighted by atomic mass is 9.92. The molecule has 0 aliphatic carbocycles. The minimum Gasteiger partial charge on any atom is -0.358 e. The minimum atomic E-state index is -0.880. The van der Waals surface area contributed by atoms with Crippen LogP contribution in [0.25, 0.3) is 0 Å². The van der Waals surface area contributed by atoms with Gasteiger partial charge in [0.25, 0.3) is 0 Å². The van der Waals surface area contributed by atoms with Crippen molar-refractivity contribution in [1.82, 2.24) is 0 Å². The maximum absolute atomic E-state index is 12.6. The first-order valence-corrected chi connectivity index (χ1v) is 7.56. The zero-order valence-corrected chi connectivity index (χ0v) is 13.4.